The molecule has 1 aliphatic heterocycles. The zero-order valence-corrected chi connectivity index (χ0v) is 15.7. The average Bonchev–Trinajstić information content (AvgIpc) is 2.69. The van der Waals surface area contributed by atoms with E-state index in [-0.39, 0.29) is 12.4 Å². The Labute approximate surface area is 158 Å². The summed E-state index contributed by atoms with van der Waals surface area (Å²) in [5, 5.41) is 3.30. The highest BCUT2D eigenvalue weighted by molar-refractivity contribution is 5.80. The molecule has 3 rings (SSSR count). The number of ether oxygens (including phenoxy) is 2. The Bertz CT molecular complexity index is 838. The molecule has 1 unspecified atom stereocenters. The first-order chi connectivity index (χ1) is 13.1. The van der Waals surface area contributed by atoms with Crippen LogP contribution in [0.4, 0.5) is 4.39 Å². The molecule has 0 saturated heterocycles. The predicted molar refractivity (Wildman–Crippen MR) is 102 cm³/mol. The topological polar surface area (TPSA) is 73.6 Å². The molecule has 0 aromatic heterocycles. The van der Waals surface area contributed by atoms with Crippen molar-refractivity contribution < 1.29 is 18.7 Å². The van der Waals surface area contributed by atoms with Crippen LogP contribution in [0.2, 0.25) is 0 Å². The largest absolute Gasteiger partial charge is 0.493 e. The summed E-state index contributed by atoms with van der Waals surface area (Å²) in [7, 11) is 0. The number of hydrogen-bond donors (Lipinski definition) is 2. The Morgan fingerprint density at radius 2 is 2.00 bits per heavy atom. The van der Waals surface area contributed by atoms with E-state index in [4.69, 9.17) is 15.2 Å². The fourth-order valence-corrected chi connectivity index (χ4v) is 3.42. The normalized spacial score (nSPS) is 14.4. The highest BCUT2D eigenvalue weighted by Crippen LogP contribution is 2.37. The standard InChI is InChI=1S/C21H25FN2O3/c1-3-26-19-8-5-13(20(23)21(25)27-4-2)11-16(19)14-6-7-18(22)15-9-10-24-12-17(14)15/h5-8,11,20,24H,3-4,9-10,12,23H2,1-2H3. The van der Waals surface area contributed by atoms with Crippen LogP contribution >= 0.6 is 0 Å². The van der Waals surface area contributed by atoms with E-state index in [9.17, 15) is 9.18 Å². The molecule has 2 aromatic carbocycles. The molecule has 0 bridgehead atoms. The smallest absolute Gasteiger partial charge is 0.327 e. The Kier molecular flexibility index (Phi) is 6.08. The Hall–Kier alpha value is -2.44. The molecule has 1 aliphatic rings. The van der Waals surface area contributed by atoms with E-state index in [0.29, 0.717) is 30.9 Å². The summed E-state index contributed by atoms with van der Waals surface area (Å²) >= 11 is 0. The van der Waals surface area contributed by atoms with Crippen molar-refractivity contribution in [2.45, 2.75) is 32.9 Å². The minimum atomic E-state index is -0.881. The number of hydrogen-bond acceptors (Lipinski definition) is 5. The van der Waals surface area contributed by atoms with Gasteiger partial charge in [-0.2, -0.15) is 0 Å². The van der Waals surface area contributed by atoms with Gasteiger partial charge in [0, 0.05) is 12.1 Å². The van der Waals surface area contributed by atoms with E-state index < -0.39 is 12.0 Å². The molecule has 0 radical (unpaired) electrons. The minimum Gasteiger partial charge on any atom is -0.493 e. The summed E-state index contributed by atoms with van der Waals surface area (Å²) in [5.41, 5.74) is 10.0. The van der Waals surface area contributed by atoms with Crippen LogP contribution < -0.4 is 15.8 Å². The third-order valence-electron chi connectivity index (χ3n) is 4.72. The molecule has 1 atom stereocenters. The van der Waals surface area contributed by atoms with Gasteiger partial charge in [-0.05, 0) is 67.3 Å². The number of benzene rings is 2. The van der Waals surface area contributed by atoms with Crippen molar-refractivity contribution >= 4 is 5.97 Å². The van der Waals surface area contributed by atoms with Crippen LogP contribution in [0.5, 0.6) is 5.75 Å². The summed E-state index contributed by atoms with van der Waals surface area (Å²) in [6, 6.07) is 7.79. The maximum absolute atomic E-state index is 14.3. The second kappa shape index (κ2) is 8.50. The van der Waals surface area contributed by atoms with Gasteiger partial charge in [0.1, 0.15) is 17.6 Å². The lowest BCUT2D eigenvalue weighted by atomic mass is 9.89. The number of rotatable bonds is 6. The molecule has 0 fully saturated rings. The molecule has 1 heterocycles. The zero-order chi connectivity index (χ0) is 19.4. The Balaban J connectivity index is 2.11. The maximum atomic E-state index is 14.3. The monoisotopic (exact) mass is 372 g/mol. The van der Waals surface area contributed by atoms with Crippen molar-refractivity contribution in [3.63, 3.8) is 0 Å². The first kappa shape index (κ1) is 19.3. The van der Waals surface area contributed by atoms with Crippen molar-refractivity contribution in [2.24, 2.45) is 5.73 Å². The molecule has 0 aliphatic carbocycles. The van der Waals surface area contributed by atoms with Crippen molar-refractivity contribution in [1.29, 1.82) is 0 Å². The molecule has 6 heteroatoms. The van der Waals surface area contributed by atoms with Crippen LogP contribution in [0.1, 0.15) is 36.6 Å². The first-order valence-corrected chi connectivity index (χ1v) is 9.27. The fraction of sp³-hybridized carbons (Fsp3) is 0.381. The third-order valence-corrected chi connectivity index (χ3v) is 4.72. The van der Waals surface area contributed by atoms with Gasteiger partial charge in [-0.3, -0.25) is 0 Å². The van der Waals surface area contributed by atoms with Gasteiger partial charge in [-0.15, -0.1) is 0 Å². The summed E-state index contributed by atoms with van der Waals surface area (Å²) in [4.78, 5) is 12.0. The molecular formula is C21H25FN2O3. The maximum Gasteiger partial charge on any atom is 0.327 e. The molecule has 0 spiro atoms. The molecule has 27 heavy (non-hydrogen) atoms. The van der Waals surface area contributed by atoms with Crippen molar-refractivity contribution in [2.75, 3.05) is 19.8 Å². The summed E-state index contributed by atoms with van der Waals surface area (Å²) in [6.45, 7) is 5.75. The van der Waals surface area contributed by atoms with Crippen LogP contribution in [-0.4, -0.2) is 25.7 Å². The highest BCUT2D eigenvalue weighted by atomic mass is 19.1. The number of carbonyl (C=O) groups excluding carboxylic acids is 1. The third kappa shape index (κ3) is 3.96. The van der Waals surface area contributed by atoms with Crippen LogP contribution in [0.3, 0.4) is 0 Å². The van der Waals surface area contributed by atoms with E-state index in [1.54, 1.807) is 25.1 Å². The number of halogens is 1. The molecule has 0 saturated carbocycles. The van der Waals surface area contributed by atoms with Gasteiger partial charge in [-0.25, -0.2) is 9.18 Å². The highest BCUT2D eigenvalue weighted by Gasteiger charge is 2.23. The van der Waals surface area contributed by atoms with Crippen molar-refractivity contribution in [3.05, 3.63) is 52.8 Å². The Morgan fingerprint density at radius 3 is 2.74 bits per heavy atom. The number of nitrogens with two attached hydrogens (primary N) is 1. The summed E-state index contributed by atoms with van der Waals surface area (Å²) in [5.74, 6) is 0.0136. The molecule has 144 valence electrons. The number of fused-ring (bicyclic) bond motifs is 1. The van der Waals surface area contributed by atoms with Crippen LogP contribution in [0.25, 0.3) is 11.1 Å². The number of nitrogens with one attached hydrogen (secondary N) is 1. The van der Waals surface area contributed by atoms with Gasteiger partial charge in [0.2, 0.25) is 0 Å². The SMILES string of the molecule is CCOC(=O)C(N)c1ccc(OCC)c(-c2ccc(F)c3c2CNCC3)c1. The lowest BCUT2D eigenvalue weighted by Gasteiger charge is -2.23. The minimum absolute atomic E-state index is 0.187. The van der Waals surface area contributed by atoms with E-state index >= 15 is 0 Å². The second-order valence-electron chi connectivity index (χ2n) is 6.40. The van der Waals surface area contributed by atoms with Gasteiger partial charge in [0.25, 0.3) is 0 Å². The second-order valence-corrected chi connectivity index (χ2v) is 6.40. The Morgan fingerprint density at radius 1 is 1.19 bits per heavy atom. The molecule has 2 aromatic rings. The van der Waals surface area contributed by atoms with Gasteiger partial charge in [-0.1, -0.05) is 12.1 Å². The summed E-state index contributed by atoms with van der Waals surface area (Å²) in [6.07, 6.45) is 0.640. The van der Waals surface area contributed by atoms with Crippen LogP contribution in [-0.2, 0) is 22.5 Å². The van der Waals surface area contributed by atoms with E-state index in [1.807, 2.05) is 13.0 Å². The number of carbonyl (C=O) groups is 1. The summed E-state index contributed by atoms with van der Waals surface area (Å²) < 4.78 is 25.1. The molecule has 0 amide bonds. The van der Waals surface area contributed by atoms with Crippen LogP contribution in [0.15, 0.2) is 30.3 Å². The van der Waals surface area contributed by atoms with E-state index in [0.717, 1.165) is 28.8 Å². The molecule has 3 N–H and O–H groups in total. The van der Waals surface area contributed by atoms with Gasteiger partial charge in [0.05, 0.1) is 13.2 Å². The van der Waals surface area contributed by atoms with Crippen LogP contribution in [0, 0.1) is 5.82 Å². The zero-order valence-electron chi connectivity index (χ0n) is 15.7. The van der Waals surface area contributed by atoms with E-state index in [2.05, 4.69) is 5.32 Å². The molecule has 5 nitrogen and oxygen atoms in total. The lowest BCUT2D eigenvalue weighted by Crippen LogP contribution is -2.25. The van der Waals surface area contributed by atoms with E-state index in [1.165, 1.54) is 6.07 Å². The molecular weight excluding hydrogens is 347 g/mol. The van der Waals surface area contributed by atoms with Gasteiger partial charge >= 0.3 is 5.97 Å². The van der Waals surface area contributed by atoms with Gasteiger partial charge in [0.15, 0.2) is 0 Å². The number of esters is 1. The predicted octanol–water partition coefficient (Wildman–Crippen LogP) is 3.10. The first-order valence-electron chi connectivity index (χ1n) is 9.27. The fourth-order valence-electron chi connectivity index (χ4n) is 3.42. The average molecular weight is 372 g/mol. The van der Waals surface area contributed by atoms with Gasteiger partial charge < -0.3 is 20.5 Å². The quantitative estimate of drug-likeness (QED) is 0.763. The van der Waals surface area contributed by atoms with Crippen molar-refractivity contribution in [3.8, 4) is 16.9 Å². The van der Waals surface area contributed by atoms with Crippen molar-refractivity contribution in [1.82, 2.24) is 5.32 Å². The lowest BCUT2D eigenvalue weighted by molar-refractivity contribution is -0.144.